The molecule has 0 amide bonds. The summed E-state index contributed by atoms with van der Waals surface area (Å²) in [4.78, 5) is 11.2. The first kappa shape index (κ1) is 21.9. The van der Waals surface area contributed by atoms with Gasteiger partial charge in [0.25, 0.3) is 0 Å². The molecule has 4 rings (SSSR count). The smallest absolute Gasteiger partial charge is 0.335 e. The predicted octanol–water partition coefficient (Wildman–Crippen LogP) is 6.23. The van der Waals surface area contributed by atoms with E-state index in [1.54, 1.807) is 47.3 Å². The van der Waals surface area contributed by atoms with Crippen LogP contribution in [-0.2, 0) is 6.61 Å². The fraction of sp³-hybridized carbons (Fsp3) is 0.174. The van der Waals surface area contributed by atoms with E-state index in [4.69, 9.17) is 32.5 Å². The van der Waals surface area contributed by atoms with E-state index in [0.29, 0.717) is 38.6 Å². The molecule has 0 spiro atoms. The third-order valence-corrected chi connectivity index (χ3v) is 5.46. The molecule has 0 aliphatic rings. The van der Waals surface area contributed by atoms with E-state index in [2.05, 4.69) is 10.3 Å². The van der Waals surface area contributed by atoms with Gasteiger partial charge in [0.1, 0.15) is 18.1 Å². The highest BCUT2D eigenvalue weighted by Gasteiger charge is 2.24. The van der Waals surface area contributed by atoms with Gasteiger partial charge in [0.15, 0.2) is 0 Å². The van der Waals surface area contributed by atoms with Crippen LogP contribution in [0.2, 0.25) is 10.0 Å². The van der Waals surface area contributed by atoms with E-state index < -0.39 is 5.97 Å². The molecule has 1 N–H and O–H groups in total. The van der Waals surface area contributed by atoms with Crippen molar-refractivity contribution in [3.8, 4) is 22.8 Å². The van der Waals surface area contributed by atoms with Crippen molar-refractivity contribution < 1.29 is 19.2 Å². The van der Waals surface area contributed by atoms with Crippen molar-refractivity contribution in [1.82, 2.24) is 14.9 Å². The molecule has 9 heteroatoms. The average molecular weight is 472 g/mol. The van der Waals surface area contributed by atoms with E-state index in [1.807, 2.05) is 13.8 Å². The first-order valence-electron chi connectivity index (χ1n) is 9.80. The molecule has 0 saturated carbocycles. The molecular formula is C23H19Cl2N3O4. The molecule has 2 heterocycles. The topological polar surface area (TPSA) is 90.4 Å². The van der Waals surface area contributed by atoms with Crippen molar-refractivity contribution in [2.45, 2.75) is 26.4 Å². The Morgan fingerprint density at radius 3 is 2.56 bits per heavy atom. The Balaban J connectivity index is 1.62. The number of carbonyl (C=O) groups is 1. The number of benzene rings is 2. The predicted molar refractivity (Wildman–Crippen MR) is 121 cm³/mol. The van der Waals surface area contributed by atoms with Gasteiger partial charge >= 0.3 is 5.97 Å². The zero-order valence-corrected chi connectivity index (χ0v) is 18.8. The Morgan fingerprint density at radius 2 is 1.88 bits per heavy atom. The second-order valence-corrected chi connectivity index (χ2v) is 8.18. The number of aromatic nitrogens is 3. The van der Waals surface area contributed by atoms with E-state index in [1.165, 1.54) is 12.1 Å². The second-order valence-electron chi connectivity index (χ2n) is 7.37. The normalized spacial score (nSPS) is 11.2. The van der Waals surface area contributed by atoms with Crippen LogP contribution in [0.25, 0.3) is 16.9 Å². The van der Waals surface area contributed by atoms with E-state index in [-0.39, 0.29) is 18.1 Å². The van der Waals surface area contributed by atoms with Crippen molar-refractivity contribution in [1.29, 1.82) is 0 Å². The molecule has 7 nitrogen and oxygen atoms in total. The summed E-state index contributed by atoms with van der Waals surface area (Å²) in [6, 6.07) is 13.4. The van der Waals surface area contributed by atoms with Crippen molar-refractivity contribution >= 4 is 29.2 Å². The number of rotatable bonds is 7. The summed E-state index contributed by atoms with van der Waals surface area (Å²) in [7, 11) is 0. The maximum absolute atomic E-state index is 11.2. The Labute approximate surface area is 194 Å². The molecule has 0 unspecified atom stereocenters. The van der Waals surface area contributed by atoms with Gasteiger partial charge in [0, 0.05) is 23.7 Å². The molecule has 0 atom stereocenters. The van der Waals surface area contributed by atoms with Gasteiger partial charge in [-0.1, -0.05) is 54.3 Å². The van der Waals surface area contributed by atoms with Gasteiger partial charge in [-0.2, -0.15) is 0 Å². The van der Waals surface area contributed by atoms with Crippen LogP contribution in [0.3, 0.4) is 0 Å². The van der Waals surface area contributed by atoms with Crippen molar-refractivity contribution in [2.24, 2.45) is 0 Å². The summed E-state index contributed by atoms with van der Waals surface area (Å²) >= 11 is 12.8. The van der Waals surface area contributed by atoms with Crippen LogP contribution in [0.1, 0.15) is 41.4 Å². The SMILES string of the molecule is CC(C)c1onc(-c2c(Cl)cccc2Cl)c1COc1ccn(-c2cccc(C(=O)O)c2)n1. The quantitative estimate of drug-likeness (QED) is 0.343. The van der Waals surface area contributed by atoms with E-state index in [9.17, 15) is 9.90 Å². The number of hydrogen-bond acceptors (Lipinski definition) is 5. The molecule has 0 bridgehead atoms. The summed E-state index contributed by atoms with van der Waals surface area (Å²) in [6.07, 6.45) is 1.69. The van der Waals surface area contributed by atoms with Crippen molar-refractivity contribution in [3.05, 3.63) is 81.7 Å². The lowest BCUT2D eigenvalue weighted by atomic mass is 10.0. The van der Waals surface area contributed by atoms with Crippen LogP contribution in [0, 0.1) is 0 Å². The third-order valence-electron chi connectivity index (χ3n) is 4.83. The van der Waals surface area contributed by atoms with Gasteiger partial charge < -0.3 is 14.4 Å². The number of aromatic carboxylic acids is 1. The van der Waals surface area contributed by atoms with Crippen molar-refractivity contribution in [2.75, 3.05) is 0 Å². The zero-order chi connectivity index (χ0) is 22.8. The molecule has 4 aromatic rings. The highest BCUT2D eigenvalue weighted by atomic mass is 35.5. The molecule has 0 aliphatic carbocycles. The van der Waals surface area contributed by atoms with Crippen molar-refractivity contribution in [3.63, 3.8) is 0 Å². The fourth-order valence-corrected chi connectivity index (χ4v) is 3.87. The van der Waals surface area contributed by atoms with Gasteiger partial charge in [-0.15, -0.1) is 5.10 Å². The van der Waals surface area contributed by atoms with E-state index in [0.717, 1.165) is 5.56 Å². The summed E-state index contributed by atoms with van der Waals surface area (Å²) in [5.74, 6) is 0.0877. The van der Waals surface area contributed by atoms with Crippen LogP contribution < -0.4 is 4.74 Å². The molecule has 164 valence electrons. The van der Waals surface area contributed by atoms with Gasteiger partial charge in [-0.05, 0) is 30.3 Å². The molecule has 0 radical (unpaired) electrons. The van der Waals surface area contributed by atoms with Crippen LogP contribution in [-0.4, -0.2) is 26.0 Å². The molecule has 2 aromatic carbocycles. The van der Waals surface area contributed by atoms with Gasteiger partial charge in [0.2, 0.25) is 5.88 Å². The number of ether oxygens (including phenoxy) is 1. The second kappa shape index (κ2) is 9.06. The molecule has 0 saturated heterocycles. The Kier molecular flexibility index (Phi) is 6.21. The maximum atomic E-state index is 11.2. The van der Waals surface area contributed by atoms with Crippen LogP contribution in [0.5, 0.6) is 5.88 Å². The lowest BCUT2D eigenvalue weighted by Crippen LogP contribution is -2.03. The molecular weight excluding hydrogens is 453 g/mol. The minimum absolute atomic E-state index is 0.0624. The Morgan fingerprint density at radius 1 is 1.16 bits per heavy atom. The number of carboxylic acid groups (broad SMARTS) is 1. The number of carboxylic acids is 1. The highest BCUT2D eigenvalue weighted by Crippen LogP contribution is 2.38. The highest BCUT2D eigenvalue weighted by molar-refractivity contribution is 6.39. The fourth-order valence-electron chi connectivity index (χ4n) is 3.29. The minimum Gasteiger partial charge on any atom is -0.478 e. The van der Waals surface area contributed by atoms with Crippen LogP contribution in [0.4, 0.5) is 0 Å². The molecule has 2 aromatic heterocycles. The Bertz CT molecular complexity index is 1260. The first-order valence-corrected chi connectivity index (χ1v) is 10.6. The Hall–Kier alpha value is -3.29. The van der Waals surface area contributed by atoms with Gasteiger partial charge in [-0.25, -0.2) is 9.48 Å². The van der Waals surface area contributed by atoms with Crippen LogP contribution >= 0.6 is 23.2 Å². The first-order chi connectivity index (χ1) is 15.3. The molecule has 0 fully saturated rings. The monoisotopic (exact) mass is 471 g/mol. The zero-order valence-electron chi connectivity index (χ0n) is 17.3. The number of halogens is 2. The summed E-state index contributed by atoms with van der Waals surface area (Å²) in [5, 5.41) is 18.7. The number of hydrogen-bond donors (Lipinski definition) is 1. The minimum atomic E-state index is -1.00. The molecule has 0 aliphatic heterocycles. The standard InChI is InChI=1S/C23H19Cl2N3O4/c1-13(2)22-16(21(27-32-22)20-17(24)7-4-8-18(20)25)12-31-19-9-10-28(26-19)15-6-3-5-14(11-15)23(29)30/h3-11,13H,12H2,1-2H3,(H,29,30). The summed E-state index contributed by atoms with van der Waals surface area (Å²) in [6.45, 7) is 4.12. The van der Waals surface area contributed by atoms with Gasteiger partial charge in [0.05, 0.1) is 26.9 Å². The lowest BCUT2D eigenvalue weighted by Gasteiger charge is -2.09. The van der Waals surface area contributed by atoms with Gasteiger partial charge in [-0.3, -0.25) is 0 Å². The summed E-state index contributed by atoms with van der Waals surface area (Å²) in [5.41, 5.74) is 2.63. The van der Waals surface area contributed by atoms with Crippen LogP contribution in [0.15, 0.2) is 59.3 Å². The molecule has 32 heavy (non-hydrogen) atoms. The maximum Gasteiger partial charge on any atom is 0.335 e. The summed E-state index contributed by atoms with van der Waals surface area (Å²) < 4.78 is 13.1. The third kappa shape index (κ3) is 4.35. The largest absolute Gasteiger partial charge is 0.478 e. The average Bonchev–Trinajstić information content (AvgIpc) is 3.39. The lowest BCUT2D eigenvalue weighted by molar-refractivity contribution is 0.0697. The van der Waals surface area contributed by atoms with E-state index >= 15 is 0 Å². The number of nitrogens with zero attached hydrogens (tertiary/aromatic N) is 3.